The smallest absolute Gasteiger partial charge is 0.226 e. The first-order chi connectivity index (χ1) is 6.09. The Morgan fingerprint density at radius 3 is 2.54 bits per heavy atom. The summed E-state index contributed by atoms with van der Waals surface area (Å²) >= 11 is 0. The summed E-state index contributed by atoms with van der Waals surface area (Å²) in [6, 6.07) is 0.189. The molecule has 0 aliphatic rings. The Hall–Kier alpha value is -0.900. The van der Waals surface area contributed by atoms with Crippen LogP contribution in [0.1, 0.15) is 44.8 Å². The highest BCUT2D eigenvalue weighted by Crippen LogP contribution is 2.10. The van der Waals surface area contributed by atoms with Crippen molar-refractivity contribution in [3.63, 3.8) is 0 Å². The van der Waals surface area contributed by atoms with E-state index in [9.17, 15) is 0 Å². The van der Waals surface area contributed by atoms with Gasteiger partial charge in [-0.25, -0.2) is 0 Å². The molecule has 74 valence electrons. The highest BCUT2D eigenvalue weighted by Gasteiger charge is 2.09. The molecule has 0 amide bonds. The summed E-state index contributed by atoms with van der Waals surface area (Å²) in [7, 11) is 0. The standard InChI is InChI=1S/C9H17N3O/c1-6(2)9-11-8(13-12-9)5-4-7(3)10/h6-7H,4-5,10H2,1-3H3. The van der Waals surface area contributed by atoms with Crippen LogP contribution in [0.2, 0.25) is 0 Å². The third kappa shape index (κ3) is 3.14. The van der Waals surface area contributed by atoms with E-state index >= 15 is 0 Å². The number of aryl methyl sites for hydroxylation is 1. The average molecular weight is 183 g/mol. The quantitative estimate of drug-likeness (QED) is 0.767. The van der Waals surface area contributed by atoms with Crippen molar-refractivity contribution in [2.24, 2.45) is 5.73 Å². The van der Waals surface area contributed by atoms with E-state index < -0.39 is 0 Å². The maximum absolute atomic E-state index is 5.62. The monoisotopic (exact) mass is 183 g/mol. The summed E-state index contributed by atoms with van der Waals surface area (Å²) in [4.78, 5) is 4.25. The van der Waals surface area contributed by atoms with Crippen LogP contribution in [0.15, 0.2) is 4.52 Å². The molecule has 0 aliphatic carbocycles. The fourth-order valence-electron chi connectivity index (χ4n) is 0.955. The van der Waals surface area contributed by atoms with E-state index in [4.69, 9.17) is 10.3 Å². The van der Waals surface area contributed by atoms with Crippen LogP contribution in [0.3, 0.4) is 0 Å². The normalized spacial score (nSPS) is 13.6. The van der Waals surface area contributed by atoms with E-state index in [0.717, 1.165) is 18.7 Å². The predicted molar refractivity (Wildman–Crippen MR) is 50.4 cm³/mol. The van der Waals surface area contributed by atoms with Crippen LogP contribution in [-0.4, -0.2) is 16.2 Å². The van der Waals surface area contributed by atoms with Crippen LogP contribution in [0.5, 0.6) is 0 Å². The topological polar surface area (TPSA) is 64.9 Å². The minimum Gasteiger partial charge on any atom is -0.339 e. The van der Waals surface area contributed by atoms with Gasteiger partial charge >= 0.3 is 0 Å². The Labute approximate surface area is 78.5 Å². The van der Waals surface area contributed by atoms with Gasteiger partial charge in [-0.3, -0.25) is 0 Å². The molecule has 1 aromatic heterocycles. The Morgan fingerprint density at radius 1 is 1.38 bits per heavy atom. The lowest BCUT2D eigenvalue weighted by Gasteiger charge is -1.99. The van der Waals surface area contributed by atoms with Crippen molar-refractivity contribution in [2.45, 2.75) is 45.6 Å². The second kappa shape index (κ2) is 4.37. The molecule has 0 saturated heterocycles. The van der Waals surface area contributed by atoms with E-state index in [-0.39, 0.29) is 6.04 Å². The fourth-order valence-corrected chi connectivity index (χ4v) is 0.955. The first-order valence-corrected chi connectivity index (χ1v) is 4.67. The number of hydrogen-bond donors (Lipinski definition) is 1. The molecule has 1 heterocycles. The van der Waals surface area contributed by atoms with Crippen molar-refractivity contribution in [1.29, 1.82) is 0 Å². The second-order valence-electron chi connectivity index (χ2n) is 3.72. The Kier molecular flexibility index (Phi) is 3.42. The second-order valence-corrected chi connectivity index (χ2v) is 3.72. The number of nitrogens with two attached hydrogens (primary N) is 1. The lowest BCUT2D eigenvalue weighted by atomic mass is 10.2. The summed E-state index contributed by atoms with van der Waals surface area (Å²) in [5, 5.41) is 3.87. The molecule has 4 nitrogen and oxygen atoms in total. The zero-order chi connectivity index (χ0) is 9.84. The SMILES string of the molecule is CC(N)CCc1nc(C(C)C)no1. The molecule has 2 N–H and O–H groups in total. The molecule has 1 atom stereocenters. The maximum Gasteiger partial charge on any atom is 0.226 e. The summed E-state index contributed by atoms with van der Waals surface area (Å²) in [6.07, 6.45) is 1.66. The molecule has 1 unspecified atom stereocenters. The van der Waals surface area contributed by atoms with E-state index in [1.54, 1.807) is 0 Å². The molecule has 1 aromatic rings. The van der Waals surface area contributed by atoms with Gasteiger partial charge in [0.05, 0.1) is 0 Å². The molecule has 1 rings (SSSR count). The maximum atomic E-state index is 5.62. The molecule has 0 aromatic carbocycles. The lowest BCUT2D eigenvalue weighted by Crippen LogP contribution is -2.15. The minimum atomic E-state index is 0.189. The van der Waals surface area contributed by atoms with Gasteiger partial charge in [0, 0.05) is 18.4 Å². The van der Waals surface area contributed by atoms with E-state index in [1.807, 2.05) is 20.8 Å². The molecule has 0 aliphatic heterocycles. The molecular weight excluding hydrogens is 166 g/mol. The third-order valence-electron chi connectivity index (χ3n) is 1.81. The van der Waals surface area contributed by atoms with Crippen molar-refractivity contribution in [2.75, 3.05) is 0 Å². The zero-order valence-corrected chi connectivity index (χ0v) is 8.45. The molecule has 0 saturated carbocycles. The molecule has 13 heavy (non-hydrogen) atoms. The zero-order valence-electron chi connectivity index (χ0n) is 8.45. The van der Waals surface area contributed by atoms with Crippen molar-refractivity contribution in [3.05, 3.63) is 11.7 Å². The lowest BCUT2D eigenvalue weighted by molar-refractivity contribution is 0.366. The third-order valence-corrected chi connectivity index (χ3v) is 1.81. The fraction of sp³-hybridized carbons (Fsp3) is 0.778. The summed E-state index contributed by atoms with van der Waals surface area (Å²) in [5.41, 5.74) is 5.62. The van der Waals surface area contributed by atoms with E-state index in [0.29, 0.717) is 11.8 Å². The number of aromatic nitrogens is 2. The van der Waals surface area contributed by atoms with Gasteiger partial charge in [0.25, 0.3) is 0 Å². The predicted octanol–water partition coefficient (Wildman–Crippen LogP) is 1.47. The van der Waals surface area contributed by atoms with Gasteiger partial charge in [0.1, 0.15) is 0 Å². The van der Waals surface area contributed by atoms with Gasteiger partial charge in [-0.1, -0.05) is 19.0 Å². The van der Waals surface area contributed by atoms with Gasteiger partial charge < -0.3 is 10.3 Å². The minimum absolute atomic E-state index is 0.189. The van der Waals surface area contributed by atoms with Gasteiger partial charge in [-0.15, -0.1) is 0 Å². The van der Waals surface area contributed by atoms with Crippen LogP contribution in [0.25, 0.3) is 0 Å². The first kappa shape index (κ1) is 10.2. The van der Waals surface area contributed by atoms with Crippen LogP contribution < -0.4 is 5.73 Å². The first-order valence-electron chi connectivity index (χ1n) is 4.67. The highest BCUT2D eigenvalue weighted by molar-refractivity contribution is 4.91. The number of rotatable bonds is 4. The molecule has 4 heteroatoms. The molecule has 0 fully saturated rings. The largest absolute Gasteiger partial charge is 0.339 e. The van der Waals surface area contributed by atoms with Gasteiger partial charge in [0.2, 0.25) is 5.89 Å². The highest BCUT2D eigenvalue weighted by atomic mass is 16.5. The van der Waals surface area contributed by atoms with Gasteiger partial charge in [-0.05, 0) is 13.3 Å². The Morgan fingerprint density at radius 2 is 2.08 bits per heavy atom. The van der Waals surface area contributed by atoms with E-state index in [2.05, 4.69) is 10.1 Å². The van der Waals surface area contributed by atoms with E-state index in [1.165, 1.54) is 0 Å². The molecular formula is C9H17N3O. The van der Waals surface area contributed by atoms with Crippen LogP contribution in [0, 0.1) is 0 Å². The Balaban J connectivity index is 2.49. The van der Waals surface area contributed by atoms with Crippen molar-refractivity contribution >= 4 is 0 Å². The van der Waals surface area contributed by atoms with Crippen molar-refractivity contribution in [1.82, 2.24) is 10.1 Å². The molecule has 0 radical (unpaired) electrons. The number of nitrogens with zero attached hydrogens (tertiary/aromatic N) is 2. The summed E-state index contributed by atoms with van der Waals surface area (Å²) in [5.74, 6) is 1.80. The number of hydrogen-bond acceptors (Lipinski definition) is 4. The molecule has 0 spiro atoms. The van der Waals surface area contributed by atoms with Crippen LogP contribution >= 0.6 is 0 Å². The molecule has 0 bridgehead atoms. The summed E-state index contributed by atoms with van der Waals surface area (Å²) in [6.45, 7) is 6.06. The Bertz CT molecular complexity index is 255. The van der Waals surface area contributed by atoms with Gasteiger partial charge in [-0.2, -0.15) is 4.98 Å². The van der Waals surface area contributed by atoms with Crippen LogP contribution in [0.4, 0.5) is 0 Å². The van der Waals surface area contributed by atoms with Crippen LogP contribution in [-0.2, 0) is 6.42 Å². The average Bonchev–Trinajstić information content (AvgIpc) is 2.48. The van der Waals surface area contributed by atoms with Crippen molar-refractivity contribution in [3.8, 4) is 0 Å². The summed E-state index contributed by atoms with van der Waals surface area (Å²) < 4.78 is 5.06. The van der Waals surface area contributed by atoms with Gasteiger partial charge in [0.15, 0.2) is 5.82 Å². The van der Waals surface area contributed by atoms with Crippen molar-refractivity contribution < 1.29 is 4.52 Å².